The van der Waals surface area contributed by atoms with Gasteiger partial charge in [0.2, 0.25) is 0 Å². The van der Waals surface area contributed by atoms with Gasteiger partial charge in [0.05, 0.1) is 11.2 Å². The van der Waals surface area contributed by atoms with Gasteiger partial charge in [-0.05, 0) is 37.5 Å². The minimum Gasteiger partial charge on any atom is -0.507 e. The van der Waals surface area contributed by atoms with E-state index in [-0.39, 0.29) is 22.8 Å². The van der Waals surface area contributed by atoms with E-state index in [1.165, 1.54) is 12.1 Å². The first-order chi connectivity index (χ1) is 8.56. The molecule has 1 fully saturated rings. The zero-order valence-electron chi connectivity index (χ0n) is 10.2. The predicted molar refractivity (Wildman–Crippen MR) is 69.0 cm³/mol. The largest absolute Gasteiger partial charge is 0.507 e. The van der Waals surface area contributed by atoms with Crippen LogP contribution in [0.1, 0.15) is 29.6 Å². The molecule has 1 amide bonds. The molecule has 0 radical (unpaired) electrons. The zero-order valence-corrected chi connectivity index (χ0v) is 11.0. The molecule has 1 aromatic carbocycles. The van der Waals surface area contributed by atoms with Crippen LogP contribution in [0, 0.1) is 0 Å². The molecule has 2 rings (SSSR count). The standard InChI is InChI=1S/C13H16ClNO3/c1-18-13(5-2-6-13)8-15-12(17)10-4-3-9(14)7-11(10)16/h3-4,7,16H,2,5-6,8H2,1H3,(H,15,17). The number of benzene rings is 1. The van der Waals surface area contributed by atoms with Gasteiger partial charge >= 0.3 is 0 Å². The second-order valence-electron chi connectivity index (χ2n) is 4.58. The van der Waals surface area contributed by atoms with Crippen LogP contribution in [0.2, 0.25) is 5.02 Å². The molecule has 1 saturated carbocycles. The third-order valence-electron chi connectivity index (χ3n) is 3.47. The van der Waals surface area contributed by atoms with Gasteiger partial charge in [-0.25, -0.2) is 0 Å². The maximum absolute atomic E-state index is 11.9. The van der Waals surface area contributed by atoms with Crippen LogP contribution >= 0.6 is 11.6 Å². The number of phenols is 1. The lowest BCUT2D eigenvalue weighted by molar-refractivity contribution is -0.0679. The fraction of sp³-hybridized carbons (Fsp3) is 0.462. The molecule has 0 unspecified atom stereocenters. The number of hydrogen-bond acceptors (Lipinski definition) is 3. The number of ether oxygens (including phenoxy) is 1. The number of hydrogen-bond donors (Lipinski definition) is 2. The van der Waals surface area contributed by atoms with Crippen LogP contribution in [0.25, 0.3) is 0 Å². The van der Waals surface area contributed by atoms with Crippen LogP contribution in [0.3, 0.4) is 0 Å². The summed E-state index contributed by atoms with van der Waals surface area (Å²) in [5.74, 6) is -0.424. The first kappa shape index (κ1) is 13.2. The van der Waals surface area contributed by atoms with Crippen molar-refractivity contribution in [2.45, 2.75) is 24.9 Å². The van der Waals surface area contributed by atoms with E-state index in [1.54, 1.807) is 13.2 Å². The van der Waals surface area contributed by atoms with E-state index in [9.17, 15) is 9.90 Å². The second kappa shape index (κ2) is 5.16. The Balaban J connectivity index is 1.99. The Bertz CT molecular complexity index is 452. The van der Waals surface area contributed by atoms with Crippen molar-refractivity contribution in [2.24, 2.45) is 0 Å². The number of aromatic hydroxyl groups is 1. The Morgan fingerprint density at radius 3 is 2.78 bits per heavy atom. The summed E-state index contributed by atoms with van der Waals surface area (Å²) in [4.78, 5) is 11.9. The van der Waals surface area contributed by atoms with Gasteiger partial charge in [-0.3, -0.25) is 4.79 Å². The Labute approximate surface area is 111 Å². The van der Waals surface area contributed by atoms with Crippen molar-refractivity contribution in [1.29, 1.82) is 0 Å². The average Bonchev–Trinajstić information content (AvgIpc) is 2.27. The summed E-state index contributed by atoms with van der Waals surface area (Å²) in [5.41, 5.74) is 0.00233. The van der Waals surface area contributed by atoms with Crippen molar-refractivity contribution in [1.82, 2.24) is 5.32 Å². The van der Waals surface area contributed by atoms with Crippen molar-refractivity contribution in [3.63, 3.8) is 0 Å². The first-order valence-corrected chi connectivity index (χ1v) is 6.26. The third-order valence-corrected chi connectivity index (χ3v) is 3.71. The van der Waals surface area contributed by atoms with Crippen LogP contribution in [0.5, 0.6) is 5.75 Å². The highest BCUT2D eigenvalue weighted by Gasteiger charge is 2.37. The number of carbonyl (C=O) groups excluding carboxylic acids is 1. The van der Waals surface area contributed by atoms with Gasteiger partial charge in [0, 0.05) is 18.7 Å². The van der Waals surface area contributed by atoms with Crippen LogP contribution in [-0.4, -0.2) is 30.3 Å². The quantitative estimate of drug-likeness (QED) is 0.882. The van der Waals surface area contributed by atoms with Crippen LogP contribution in [0.4, 0.5) is 0 Å². The first-order valence-electron chi connectivity index (χ1n) is 5.88. The fourth-order valence-corrected chi connectivity index (χ4v) is 2.22. The molecular formula is C13H16ClNO3. The Hall–Kier alpha value is -1.26. The van der Waals surface area contributed by atoms with Crippen molar-refractivity contribution in [3.05, 3.63) is 28.8 Å². The fourth-order valence-electron chi connectivity index (χ4n) is 2.06. The molecule has 98 valence electrons. The number of carbonyl (C=O) groups is 1. The van der Waals surface area contributed by atoms with Gasteiger partial charge in [-0.1, -0.05) is 11.6 Å². The predicted octanol–water partition coefficient (Wildman–Crippen LogP) is 2.34. The number of nitrogens with one attached hydrogen (secondary N) is 1. The normalized spacial score (nSPS) is 17.0. The molecule has 0 aliphatic heterocycles. The van der Waals surface area contributed by atoms with E-state index in [1.807, 2.05) is 0 Å². The average molecular weight is 270 g/mol. The molecule has 0 spiro atoms. The molecule has 0 bridgehead atoms. The van der Waals surface area contributed by atoms with Gasteiger partial charge in [-0.2, -0.15) is 0 Å². The summed E-state index contributed by atoms with van der Waals surface area (Å²) in [6.07, 6.45) is 3.03. The monoisotopic (exact) mass is 269 g/mol. The van der Waals surface area contributed by atoms with Gasteiger partial charge < -0.3 is 15.2 Å². The highest BCUT2D eigenvalue weighted by molar-refractivity contribution is 6.30. The van der Waals surface area contributed by atoms with Crippen LogP contribution in [0.15, 0.2) is 18.2 Å². The van der Waals surface area contributed by atoms with E-state index in [0.29, 0.717) is 11.6 Å². The number of halogens is 1. The van der Waals surface area contributed by atoms with Crippen molar-refractivity contribution in [3.8, 4) is 5.75 Å². The minimum atomic E-state index is -0.313. The lowest BCUT2D eigenvalue weighted by Crippen LogP contribution is -2.49. The Morgan fingerprint density at radius 2 is 2.28 bits per heavy atom. The van der Waals surface area contributed by atoms with E-state index in [0.717, 1.165) is 19.3 Å². The molecule has 0 aromatic heterocycles. The number of rotatable bonds is 4. The maximum Gasteiger partial charge on any atom is 0.255 e. The number of phenolic OH excluding ortho intramolecular Hbond substituents is 1. The van der Waals surface area contributed by atoms with Gasteiger partial charge in [0.1, 0.15) is 5.75 Å². The molecule has 18 heavy (non-hydrogen) atoms. The van der Waals surface area contributed by atoms with Crippen molar-refractivity contribution in [2.75, 3.05) is 13.7 Å². The summed E-state index contributed by atoms with van der Waals surface area (Å²) in [6.45, 7) is 0.463. The van der Waals surface area contributed by atoms with E-state index in [4.69, 9.17) is 16.3 Å². The molecule has 0 atom stereocenters. The van der Waals surface area contributed by atoms with E-state index in [2.05, 4.69) is 5.32 Å². The highest BCUT2D eigenvalue weighted by Crippen LogP contribution is 2.34. The summed E-state index contributed by atoms with van der Waals surface area (Å²) in [5, 5.41) is 12.8. The lowest BCUT2D eigenvalue weighted by Gasteiger charge is -2.40. The number of methoxy groups -OCH3 is 1. The molecule has 2 N–H and O–H groups in total. The van der Waals surface area contributed by atoms with Crippen molar-refractivity contribution < 1.29 is 14.6 Å². The molecule has 1 aliphatic carbocycles. The lowest BCUT2D eigenvalue weighted by atomic mass is 9.80. The molecule has 5 heteroatoms. The zero-order chi connectivity index (χ0) is 13.2. The van der Waals surface area contributed by atoms with E-state index < -0.39 is 0 Å². The Morgan fingerprint density at radius 1 is 1.56 bits per heavy atom. The molecule has 0 heterocycles. The summed E-state index contributed by atoms with van der Waals surface area (Å²) >= 11 is 5.71. The third kappa shape index (κ3) is 2.60. The molecule has 1 aromatic rings. The highest BCUT2D eigenvalue weighted by atomic mass is 35.5. The topological polar surface area (TPSA) is 58.6 Å². The van der Waals surface area contributed by atoms with E-state index >= 15 is 0 Å². The molecular weight excluding hydrogens is 254 g/mol. The van der Waals surface area contributed by atoms with Gasteiger partial charge in [-0.15, -0.1) is 0 Å². The van der Waals surface area contributed by atoms with Gasteiger partial charge in [0.25, 0.3) is 5.91 Å². The summed E-state index contributed by atoms with van der Waals surface area (Å²) in [7, 11) is 1.66. The minimum absolute atomic E-state index is 0.111. The van der Waals surface area contributed by atoms with Crippen molar-refractivity contribution >= 4 is 17.5 Å². The maximum atomic E-state index is 11.9. The van der Waals surface area contributed by atoms with Crippen LogP contribution in [-0.2, 0) is 4.74 Å². The summed E-state index contributed by atoms with van der Waals surface area (Å²) < 4.78 is 5.41. The Kier molecular flexibility index (Phi) is 3.78. The summed E-state index contributed by atoms with van der Waals surface area (Å²) in [6, 6.07) is 4.44. The molecule has 1 aliphatic rings. The molecule has 4 nitrogen and oxygen atoms in total. The smallest absolute Gasteiger partial charge is 0.255 e. The second-order valence-corrected chi connectivity index (χ2v) is 5.02. The number of amides is 1. The van der Waals surface area contributed by atoms with Crippen LogP contribution < -0.4 is 5.32 Å². The van der Waals surface area contributed by atoms with Gasteiger partial charge in [0.15, 0.2) is 0 Å². The SMILES string of the molecule is COC1(CNC(=O)c2ccc(Cl)cc2O)CCC1. The molecule has 0 saturated heterocycles.